The van der Waals surface area contributed by atoms with Crippen LogP contribution in [0.3, 0.4) is 0 Å². The molecule has 43 heavy (non-hydrogen) atoms. The smallest absolute Gasteiger partial charge is 0.475 e. The number of carbonyl (C=O) groups excluding carboxylic acids is 1. The van der Waals surface area contributed by atoms with E-state index in [4.69, 9.17) is 14.6 Å². The summed E-state index contributed by atoms with van der Waals surface area (Å²) in [6, 6.07) is 22.5. The van der Waals surface area contributed by atoms with Crippen LogP contribution in [0.5, 0.6) is 0 Å². The standard InChI is InChI=1S/C30H32F2N2O2.C2HF3O2/c31-24-10-6-22(7-11-24)29(23-8-12-25(32)13-9-23)33-30(35)27-15-14-26(34-16-18-36-19-17-34)20-28(27)21-4-2-1-3-5-21;3-2(4,5)1(6)7/h1-13,26-29H,14-20H2,(H,33,35);(H,6,7)/t26-,27-,28+;/m1./s1. The molecule has 3 aromatic carbocycles. The fourth-order valence-corrected chi connectivity index (χ4v) is 5.72. The van der Waals surface area contributed by atoms with E-state index in [0.717, 1.165) is 56.7 Å². The van der Waals surface area contributed by atoms with Gasteiger partial charge in [0, 0.05) is 25.0 Å². The fraction of sp³-hybridized carbons (Fsp3) is 0.375. The second-order valence-electron chi connectivity index (χ2n) is 10.6. The number of hydrogen-bond acceptors (Lipinski definition) is 4. The minimum absolute atomic E-state index is 0.0251. The summed E-state index contributed by atoms with van der Waals surface area (Å²) in [5, 5.41) is 10.4. The van der Waals surface area contributed by atoms with E-state index in [2.05, 4.69) is 22.3 Å². The Labute approximate surface area is 246 Å². The molecule has 230 valence electrons. The van der Waals surface area contributed by atoms with Crippen LogP contribution >= 0.6 is 0 Å². The molecule has 1 saturated heterocycles. The molecule has 0 radical (unpaired) electrons. The second kappa shape index (κ2) is 14.6. The third-order valence-corrected chi connectivity index (χ3v) is 7.88. The van der Waals surface area contributed by atoms with Gasteiger partial charge in [-0.1, -0.05) is 54.6 Å². The average Bonchev–Trinajstić information content (AvgIpc) is 3.01. The van der Waals surface area contributed by atoms with E-state index in [1.54, 1.807) is 24.3 Å². The minimum atomic E-state index is -5.08. The Morgan fingerprint density at radius 2 is 1.35 bits per heavy atom. The molecule has 11 heteroatoms. The highest BCUT2D eigenvalue weighted by Crippen LogP contribution is 2.40. The van der Waals surface area contributed by atoms with Gasteiger partial charge in [0.05, 0.1) is 19.3 Å². The predicted octanol–water partition coefficient (Wildman–Crippen LogP) is 6.09. The lowest BCUT2D eigenvalue weighted by molar-refractivity contribution is -0.192. The highest BCUT2D eigenvalue weighted by atomic mass is 19.4. The SMILES string of the molecule is O=C(NC(c1ccc(F)cc1)c1ccc(F)cc1)[C@@H]1CC[C@@H](N2CCOCC2)C[C@H]1c1ccccc1.O=C(O)C(F)(F)F. The summed E-state index contributed by atoms with van der Waals surface area (Å²) in [7, 11) is 0. The number of aliphatic carboxylic acids is 1. The van der Waals surface area contributed by atoms with Crippen molar-refractivity contribution in [3.05, 3.63) is 107 Å². The van der Waals surface area contributed by atoms with Crippen molar-refractivity contribution in [3.8, 4) is 0 Å². The fourth-order valence-electron chi connectivity index (χ4n) is 5.72. The average molecular weight is 605 g/mol. The summed E-state index contributed by atoms with van der Waals surface area (Å²) in [6.45, 7) is 3.38. The number of ether oxygens (including phenoxy) is 1. The molecule has 1 amide bonds. The van der Waals surface area contributed by atoms with Crippen molar-refractivity contribution >= 4 is 11.9 Å². The Morgan fingerprint density at radius 3 is 1.84 bits per heavy atom. The van der Waals surface area contributed by atoms with Gasteiger partial charge in [0.15, 0.2) is 0 Å². The number of nitrogens with one attached hydrogen (secondary N) is 1. The van der Waals surface area contributed by atoms with Gasteiger partial charge in [0.1, 0.15) is 11.6 Å². The van der Waals surface area contributed by atoms with Crippen LogP contribution in [0.2, 0.25) is 0 Å². The van der Waals surface area contributed by atoms with Crippen molar-refractivity contribution in [3.63, 3.8) is 0 Å². The molecule has 1 heterocycles. The molecule has 3 aromatic rings. The molecule has 1 aliphatic heterocycles. The number of halogens is 5. The van der Waals surface area contributed by atoms with Crippen molar-refractivity contribution < 1.29 is 41.4 Å². The molecule has 0 aromatic heterocycles. The number of carbonyl (C=O) groups is 2. The number of alkyl halides is 3. The van der Waals surface area contributed by atoms with Gasteiger partial charge >= 0.3 is 12.1 Å². The summed E-state index contributed by atoms with van der Waals surface area (Å²) in [6.07, 6.45) is -2.42. The zero-order valence-corrected chi connectivity index (χ0v) is 23.3. The molecule has 5 rings (SSSR count). The lowest BCUT2D eigenvalue weighted by atomic mass is 9.72. The van der Waals surface area contributed by atoms with E-state index in [1.807, 2.05) is 18.2 Å². The summed E-state index contributed by atoms with van der Waals surface area (Å²) in [5.41, 5.74) is 2.69. The van der Waals surface area contributed by atoms with Gasteiger partial charge in [-0.2, -0.15) is 13.2 Å². The minimum Gasteiger partial charge on any atom is -0.475 e. The first-order valence-corrected chi connectivity index (χ1v) is 14.0. The van der Waals surface area contributed by atoms with Crippen molar-refractivity contribution in [2.45, 2.75) is 43.4 Å². The van der Waals surface area contributed by atoms with E-state index < -0.39 is 18.2 Å². The van der Waals surface area contributed by atoms with Crippen molar-refractivity contribution in [2.24, 2.45) is 5.92 Å². The Bertz CT molecular complexity index is 1290. The normalized spacial score (nSPS) is 21.0. The van der Waals surface area contributed by atoms with Crippen LogP contribution in [-0.2, 0) is 14.3 Å². The van der Waals surface area contributed by atoms with Crippen LogP contribution in [0, 0.1) is 17.6 Å². The Kier molecular flexibility index (Phi) is 10.9. The van der Waals surface area contributed by atoms with Gasteiger partial charge in [-0.25, -0.2) is 13.6 Å². The lowest BCUT2D eigenvalue weighted by Gasteiger charge is -2.42. The molecule has 2 fully saturated rings. The molecular formula is C32H33F5N2O4. The maximum Gasteiger partial charge on any atom is 0.490 e. The molecule has 0 unspecified atom stereocenters. The number of hydrogen-bond donors (Lipinski definition) is 2. The lowest BCUT2D eigenvalue weighted by Crippen LogP contribution is -2.48. The molecule has 0 spiro atoms. The van der Waals surface area contributed by atoms with E-state index in [0.29, 0.717) is 6.04 Å². The van der Waals surface area contributed by atoms with Crippen LogP contribution in [-0.4, -0.2) is 60.4 Å². The zero-order chi connectivity index (χ0) is 31.0. The maximum absolute atomic E-state index is 13.9. The van der Waals surface area contributed by atoms with Gasteiger partial charge in [-0.3, -0.25) is 9.69 Å². The monoisotopic (exact) mass is 604 g/mol. The molecule has 2 N–H and O–H groups in total. The number of rotatable bonds is 6. The van der Waals surface area contributed by atoms with Gasteiger partial charge < -0.3 is 15.2 Å². The number of benzene rings is 3. The summed E-state index contributed by atoms with van der Waals surface area (Å²) in [5.74, 6) is -3.56. The molecular weight excluding hydrogens is 571 g/mol. The first kappa shape index (κ1) is 32.1. The van der Waals surface area contributed by atoms with Crippen molar-refractivity contribution in [2.75, 3.05) is 26.3 Å². The third kappa shape index (κ3) is 8.84. The van der Waals surface area contributed by atoms with Gasteiger partial charge in [0.25, 0.3) is 0 Å². The Morgan fingerprint density at radius 1 is 0.837 bits per heavy atom. The van der Waals surface area contributed by atoms with E-state index >= 15 is 0 Å². The van der Waals surface area contributed by atoms with Crippen LogP contribution < -0.4 is 5.32 Å². The van der Waals surface area contributed by atoms with E-state index in [1.165, 1.54) is 29.8 Å². The Hall–Kier alpha value is -3.83. The van der Waals surface area contributed by atoms with Gasteiger partial charge in [0.2, 0.25) is 5.91 Å². The number of morpholine rings is 1. The number of nitrogens with zero attached hydrogens (tertiary/aromatic N) is 1. The molecule has 3 atom stereocenters. The van der Waals surface area contributed by atoms with Crippen LogP contribution in [0.1, 0.15) is 47.9 Å². The first-order chi connectivity index (χ1) is 20.5. The highest BCUT2D eigenvalue weighted by Gasteiger charge is 2.39. The van der Waals surface area contributed by atoms with Crippen LogP contribution in [0.25, 0.3) is 0 Å². The summed E-state index contributed by atoms with van der Waals surface area (Å²) < 4.78 is 64.6. The second-order valence-corrected chi connectivity index (χ2v) is 10.6. The van der Waals surface area contributed by atoms with Crippen LogP contribution in [0.15, 0.2) is 78.9 Å². The Balaban J connectivity index is 0.000000541. The third-order valence-electron chi connectivity index (χ3n) is 7.88. The number of carboxylic acids is 1. The van der Waals surface area contributed by atoms with Crippen LogP contribution in [0.4, 0.5) is 22.0 Å². The zero-order valence-electron chi connectivity index (χ0n) is 23.3. The summed E-state index contributed by atoms with van der Waals surface area (Å²) in [4.78, 5) is 25.3. The topological polar surface area (TPSA) is 78.9 Å². The molecule has 6 nitrogen and oxygen atoms in total. The number of carboxylic acid groups (broad SMARTS) is 1. The molecule has 1 aliphatic carbocycles. The maximum atomic E-state index is 13.9. The van der Waals surface area contributed by atoms with E-state index in [9.17, 15) is 26.7 Å². The quantitative estimate of drug-likeness (QED) is 0.333. The molecule has 0 bridgehead atoms. The largest absolute Gasteiger partial charge is 0.490 e. The first-order valence-electron chi connectivity index (χ1n) is 14.0. The van der Waals surface area contributed by atoms with E-state index in [-0.39, 0.29) is 29.4 Å². The van der Waals surface area contributed by atoms with Crippen molar-refractivity contribution in [1.82, 2.24) is 10.2 Å². The highest BCUT2D eigenvalue weighted by molar-refractivity contribution is 5.81. The number of amides is 1. The molecule has 2 aliphatic rings. The molecule has 1 saturated carbocycles. The van der Waals surface area contributed by atoms with Crippen molar-refractivity contribution in [1.29, 1.82) is 0 Å². The van der Waals surface area contributed by atoms with Gasteiger partial charge in [-0.15, -0.1) is 0 Å². The predicted molar refractivity (Wildman–Crippen MR) is 149 cm³/mol. The summed E-state index contributed by atoms with van der Waals surface area (Å²) >= 11 is 0. The van der Waals surface area contributed by atoms with Gasteiger partial charge in [-0.05, 0) is 66.1 Å².